The number of carbonyl (C=O) groups excluding carboxylic acids is 1. The number of rotatable bonds is 4. The molecule has 0 aliphatic heterocycles. The van der Waals surface area contributed by atoms with Crippen molar-refractivity contribution in [1.29, 1.82) is 0 Å². The van der Waals surface area contributed by atoms with Gasteiger partial charge in [-0.15, -0.1) is 0 Å². The van der Waals surface area contributed by atoms with Crippen molar-refractivity contribution in [2.45, 2.75) is 45.1 Å². The van der Waals surface area contributed by atoms with E-state index in [1.54, 1.807) is 24.3 Å². The van der Waals surface area contributed by atoms with Gasteiger partial charge in [-0.05, 0) is 30.0 Å². The number of hydrogen-bond donors (Lipinski definition) is 1. The SMILES string of the molecule is CC(NC(=O)CC(C)(C)C)c1ccc(S(C)(=O)=O)cc1. The molecule has 1 N–H and O–H groups in total. The van der Waals surface area contributed by atoms with Crippen LogP contribution in [0.1, 0.15) is 45.7 Å². The number of nitrogens with one attached hydrogen (secondary N) is 1. The molecule has 20 heavy (non-hydrogen) atoms. The predicted molar refractivity (Wildman–Crippen MR) is 80.2 cm³/mol. The fraction of sp³-hybridized carbons (Fsp3) is 0.533. The maximum absolute atomic E-state index is 11.9. The van der Waals surface area contributed by atoms with E-state index in [-0.39, 0.29) is 22.3 Å². The first-order valence-corrected chi connectivity index (χ1v) is 8.47. The van der Waals surface area contributed by atoms with Crippen LogP contribution in [-0.4, -0.2) is 20.6 Å². The van der Waals surface area contributed by atoms with Crippen molar-refractivity contribution in [3.8, 4) is 0 Å². The summed E-state index contributed by atoms with van der Waals surface area (Å²) >= 11 is 0. The molecule has 1 rings (SSSR count). The van der Waals surface area contributed by atoms with Crippen LogP contribution in [-0.2, 0) is 14.6 Å². The lowest BCUT2D eigenvalue weighted by Crippen LogP contribution is -2.29. The highest BCUT2D eigenvalue weighted by atomic mass is 32.2. The summed E-state index contributed by atoms with van der Waals surface area (Å²) < 4.78 is 22.8. The van der Waals surface area contributed by atoms with Gasteiger partial charge in [0.1, 0.15) is 0 Å². The average molecular weight is 297 g/mol. The second-order valence-electron chi connectivity index (χ2n) is 6.37. The molecule has 0 spiro atoms. The molecule has 0 saturated carbocycles. The van der Waals surface area contributed by atoms with Gasteiger partial charge in [0.2, 0.25) is 5.91 Å². The first-order valence-electron chi connectivity index (χ1n) is 6.58. The van der Waals surface area contributed by atoms with Gasteiger partial charge in [0.25, 0.3) is 0 Å². The van der Waals surface area contributed by atoms with Gasteiger partial charge in [-0.25, -0.2) is 8.42 Å². The first-order chi connectivity index (χ1) is 8.99. The molecular weight excluding hydrogens is 274 g/mol. The minimum Gasteiger partial charge on any atom is -0.350 e. The van der Waals surface area contributed by atoms with Gasteiger partial charge < -0.3 is 5.32 Å². The molecule has 0 aromatic heterocycles. The first kappa shape index (κ1) is 16.7. The van der Waals surface area contributed by atoms with Crippen molar-refractivity contribution in [3.63, 3.8) is 0 Å². The van der Waals surface area contributed by atoms with E-state index >= 15 is 0 Å². The third kappa shape index (κ3) is 5.33. The van der Waals surface area contributed by atoms with Gasteiger partial charge in [0.05, 0.1) is 10.9 Å². The standard InChI is InChI=1S/C15H23NO3S/c1-11(16-14(17)10-15(2,3)4)12-6-8-13(9-7-12)20(5,18)19/h6-9,11H,10H2,1-5H3,(H,16,17). The molecule has 4 nitrogen and oxygen atoms in total. The van der Waals surface area contributed by atoms with Gasteiger partial charge in [0.15, 0.2) is 9.84 Å². The minimum atomic E-state index is -3.18. The van der Waals surface area contributed by atoms with Crippen LogP contribution in [0.2, 0.25) is 0 Å². The summed E-state index contributed by atoms with van der Waals surface area (Å²) in [5.74, 6) is -0.00260. The van der Waals surface area contributed by atoms with Crippen LogP contribution < -0.4 is 5.32 Å². The van der Waals surface area contributed by atoms with Crippen molar-refractivity contribution in [2.24, 2.45) is 5.41 Å². The van der Waals surface area contributed by atoms with E-state index in [1.807, 2.05) is 27.7 Å². The molecule has 0 radical (unpaired) electrons. The molecule has 1 amide bonds. The predicted octanol–water partition coefficient (Wildman–Crippen LogP) is 2.70. The molecule has 1 unspecified atom stereocenters. The summed E-state index contributed by atoms with van der Waals surface area (Å²) in [5.41, 5.74) is 0.837. The zero-order valence-corrected chi connectivity index (χ0v) is 13.5. The zero-order valence-electron chi connectivity index (χ0n) is 12.7. The van der Waals surface area contributed by atoms with E-state index in [0.717, 1.165) is 5.56 Å². The van der Waals surface area contributed by atoms with Crippen LogP contribution in [0.5, 0.6) is 0 Å². The van der Waals surface area contributed by atoms with Crippen molar-refractivity contribution in [2.75, 3.05) is 6.26 Å². The maximum atomic E-state index is 11.9. The lowest BCUT2D eigenvalue weighted by Gasteiger charge is -2.20. The van der Waals surface area contributed by atoms with Crippen LogP contribution in [0.3, 0.4) is 0 Å². The summed E-state index contributed by atoms with van der Waals surface area (Å²) in [7, 11) is -3.18. The van der Waals surface area contributed by atoms with Gasteiger partial charge in [0, 0.05) is 12.7 Å². The van der Waals surface area contributed by atoms with Gasteiger partial charge in [-0.3, -0.25) is 4.79 Å². The largest absolute Gasteiger partial charge is 0.350 e. The average Bonchev–Trinajstić information content (AvgIpc) is 2.25. The fourth-order valence-corrected chi connectivity index (χ4v) is 2.49. The molecule has 0 saturated heterocycles. The fourth-order valence-electron chi connectivity index (χ4n) is 1.86. The molecule has 112 valence electrons. The second-order valence-corrected chi connectivity index (χ2v) is 8.38. The van der Waals surface area contributed by atoms with E-state index < -0.39 is 9.84 Å². The maximum Gasteiger partial charge on any atom is 0.220 e. The topological polar surface area (TPSA) is 63.2 Å². The molecule has 1 atom stereocenters. The number of amides is 1. The van der Waals surface area contributed by atoms with Crippen LogP contribution in [0.4, 0.5) is 0 Å². The van der Waals surface area contributed by atoms with Gasteiger partial charge in [-0.2, -0.15) is 0 Å². The highest BCUT2D eigenvalue weighted by Crippen LogP contribution is 2.20. The Kier molecular flexibility index (Phi) is 4.97. The van der Waals surface area contributed by atoms with Crippen molar-refractivity contribution < 1.29 is 13.2 Å². The Morgan fingerprint density at radius 1 is 1.20 bits per heavy atom. The normalized spacial score (nSPS) is 13.8. The quantitative estimate of drug-likeness (QED) is 0.929. The van der Waals surface area contributed by atoms with E-state index in [4.69, 9.17) is 0 Å². The van der Waals surface area contributed by atoms with E-state index in [9.17, 15) is 13.2 Å². The number of benzene rings is 1. The summed E-state index contributed by atoms with van der Waals surface area (Å²) in [6.45, 7) is 7.92. The lowest BCUT2D eigenvalue weighted by molar-refractivity contribution is -0.123. The van der Waals surface area contributed by atoms with E-state index in [1.165, 1.54) is 6.26 Å². The molecule has 1 aromatic carbocycles. The summed E-state index contributed by atoms with van der Waals surface area (Å²) in [6, 6.07) is 6.46. The summed E-state index contributed by atoms with van der Waals surface area (Å²) in [5, 5.41) is 2.92. The lowest BCUT2D eigenvalue weighted by atomic mass is 9.91. The number of sulfone groups is 1. The second kappa shape index (κ2) is 5.95. The summed E-state index contributed by atoms with van der Waals surface area (Å²) in [6.07, 6.45) is 1.63. The molecule has 0 aliphatic rings. The molecule has 5 heteroatoms. The molecule has 0 aliphatic carbocycles. The Morgan fingerprint density at radius 3 is 2.10 bits per heavy atom. The van der Waals surface area contributed by atoms with Gasteiger partial charge in [-0.1, -0.05) is 32.9 Å². The van der Waals surface area contributed by atoms with Crippen LogP contribution in [0, 0.1) is 5.41 Å². The van der Waals surface area contributed by atoms with Crippen molar-refractivity contribution >= 4 is 15.7 Å². The van der Waals surface area contributed by atoms with Crippen LogP contribution in [0.25, 0.3) is 0 Å². The molecule has 1 aromatic rings. The van der Waals surface area contributed by atoms with Crippen molar-refractivity contribution in [3.05, 3.63) is 29.8 Å². The Balaban J connectivity index is 2.74. The summed E-state index contributed by atoms with van der Waals surface area (Å²) in [4.78, 5) is 12.1. The monoisotopic (exact) mass is 297 g/mol. The number of hydrogen-bond acceptors (Lipinski definition) is 3. The Bertz CT molecular complexity index is 568. The third-order valence-corrected chi connectivity index (χ3v) is 4.01. The van der Waals surface area contributed by atoms with E-state index in [2.05, 4.69) is 5.32 Å². The molecule has 0 bridgehead atoms. The zero-order chi connectivity index (χ0) is 15.6. The van der Waals surface area contributed by atoms with Crippen LogP contribution >= 0.6 is 0 Å². The third-order valence-electron chi connectivity index (χ3n) is 2.88. The highest BCUT2D eigenvalue weighted by molar-refractivity contribution is 7.90. The minimum absolute atomic E-state index is 0.00260. The molecule has 0 fully saturated rings. The Hall–Kier alpha value is -1.36. The van der Waals surface area contributed by atoms with Crippen molar-refractivity contribution in [1.82, 2.24) is 5.32 Å². The highest BCUT2D eigenvalue weighted by Gasteiger charge is 2.18. The van der Waals surface area contributed by atoms with E-state index in [0.29, 0.717) is 6.42 Å². The van der Waals surface area contributed by atoms with Crippen LogP contribution in [0.15, 0.2) is 29.2 Å². The van der Waals surface area contributed by atoms with Gasteiger partial charge >= 0.3 is 0 Å². The Labute approximate surface area is 121 Å². The molecule has 0 heterocycles. The molecular formula is C15H23NO3S. The Morgan fingerprint density at radius 2 is 1.70 bits per heavy atom. The number of carbonyl (C=O) groups is 1. The smallest absolute Gasteiger partial charge is 0.220 e.